The lowest BCUT2D eigenvalue weighted by molar-refractivity contribution is 0.669. The van der Waals surface area contributed by atoms with E-state index in [0.717, 1.165) is 33.4 Å². The van der Waals surface area contributed by atoms with Gasteiger partial charge in [0.1, 0.15) is 11.2 Å². The molecule has 0 N–H and O–H groups in total. The SMILES string of the molecule is [2H]c1c(-c2cccc(-c3ccccc3)c2)c([2H])c2c(oc3c([2H])c(-c4nc(-c5ccccc5-c5ccccc5)nc(-c5ccccc5-c5ccccc5)n4)c([2H])c([2H])c32)c1[2H]. The normalized spacial score (nSPS) is 12.8. The molecule has 0 fully saturated rings. The van der Waals surface area contributed by atoms with Crippen LogP contribution in [0.15, 0.2) is 204 Å². The molecule has 0 aliphatic carbocycles. The van der Waals surface area contributed by atoms with E-state index in [0.29, 0.717) is 28.3 Å². The summed E-state index contributed by atoms with van der Waals surface area (Å²) in [5.74, 6) is 0.606. The van der Waals surface area contributed by atoms with Crippen LogP contribution in [0.5, 0.6) is 0 Å². The van der Waals surface area contributed by atoms with Gasteiger partial charge >= 0.3 is 0 Å². The molecule has 0 amide bonds. The molecule has 4 heteroatoms. The first kappa shape index (κ1) is 26.4. The second-order valence-corrected chi connectivity index (χ2v) is 13.1. The van der Waals surface area contributed by atoms with Crippen molar-refractivity contribution in [3.05, 3.63) is 200 Å². The van der Waals surface area contributed by atoms with Crippen LogP contribution in [0.1, 0.15) is 8.22 Å². The molecule has 0 bridgehead atoms. The molecule has 2 aromatic heterocycles. The molecule has 0 aliphatic heterocycles. The zero-order chi connectivity index (χ0) is 41.8. The Morgan fingerprint density at radius 2 is 0.800 bits per heavy atom. The van der Waals surface area contributed by atoms with Gasteiger partial charge in [-0.15, -0.1) is 0 Å². The van der Waals surface area contributed by atoms with Crippen LogP contribution in [0.3, 0.4) is 0 Å². The van der Waals surface area contributed by atoms with Crippen molar-refractivity contribution in [2.45, 2.75) is 0 Å². The molecule has 55 heavy (non-hydrogen) atoms. The maximum absolute atomic E-state index is 9.62. The lowest BCUT2D eigenvalue weighted by Crippen LogP contribution is -2.02. The molecule has 8 aromatic carbocycles. The summed E-state index contributed by atoms with van der Waals surface area (Å²) in [6, 6.07) is 51.0. The number of rotatable bonds is 7. The van der Waals surface area contributed by atoms with Gasteiger partial charge in [-0.05, 0) is 74.7 Å². The lowest BCUT2D eigenvalue weighted by Gasteiger charge is -2.14. The van der Waals surface area contributed by atoms with Gasteiger partial charge in [0.25, 0.3) is 0 Å². The van der Waals surface area contributed by atoms with Gasteiger partial charge in [-0.3, -0.25) is 0 Å². The van der Waals surface area contributed by atoms with Crippen LogP contribution in [0.2, 0.25) is 0 Å². The summed E-state index contributed by atoms with van der Waals surface area (Å²) in [6.45, 7) is 0. The Labute approximate surface area is 327 Å². The maximum Gasteiger partial charge on any atom is 0.164 e. The third-order valence-corrected chi connectivity index (χ3v) is 9.63. The zero-order valence-corrected chi connectivity index (χ0v) is 29.3. The van der Waals surface area contributed by atoms with Gasteiger partial charge in [-0.2, -0.15) is 0 Å². The first-order valence-electron chi connectivity index (χ1n) is 21.0. The van der Waals surface area contributed by atoms with Crippen LogP contribution in [0.4, 0.5) is 0 Å². The second-order valence-electron chi connectivity index (χ2n) is 13.1. The molecule has 0 aliphatic rings. The minimum Gasteiger partial charge on any atom is -0.456 e. The van der Waals surface area contributed by atoms with Gasteiger partial charge in [0.2, 0.25) is 0 Å². The summed E-state index contributed by atoms with van der Waals surface area (Å²) in [7, 11) is 0. The van der Waals surface area contributed by atoms with Gasteiger partial charge in [0.15, 0.2) is 17.5 Å². The fourth-order valence-corrected chi connectivity index (χ4v) is 6.96. The predicted molar refractivity (Wildman–Crippen MR) is 225 cm³/mol. The number of aromatic nitrogens is 3. The minimum atomic E-state index is -0.343. The predicted octanol–water partition coefficient (Wildman–Crippen LogP) is 13.4. The largest absolute Gasteiger partial charge is 0.456 e. The molecule has 4 nitrogen and oxygen atoms in total. The third kappa shape index (κ3) is 6.16. The van der Waals surface area contributed by atoms with Gasteiger partial charge < -0.3 is 4.42 Å². The number of benzene rings is 8. The molecule has 0 unspecified atom stereocenters. The minimum absolute atomic E-state index is 0.00613. The maximum atomic E-state index is 9.62. The van der Waals surface area contributed by atoms with E-state index < -0.39 is 0 Å². The Bertz CT molecular complexity index is 3220. The van der Waals surface area contributed by atoms with E-state index in [4.69, 9.17) is 22.1 Å². The van der Waals surface area contributed by atoms with Crippen LogP contribution in [0.25, 0.3) is 101 Å². The lowest BCUT2D eigenvalue weighted by atomic mass is 9.97. The highest BCUT2D eigenvalue weighted by atomic mass is 16.3. The Morgan fingerprint density at radius 1 is 0.327 bits per heavy atom. The van der Waals surface area contributed by atoms with Crippen molar-refractivity contribution < 1.29 is 12.6 Å². The molecule has 0 radical (unpaired) electrons. The second kappa shape index (κ2) is 13.8. The highest BCUT2D eigenvalue weighted by Crippen LogP contribution is 2.38. The molecule has 0 saturated carbocycles. The average Bonchev–Trinajstić information content (AvgIpc) is 3.73. The summed E-state index contributed by atoms with van der Waals surface area (Å²) >= 11 is 0. The number of hydrogen-bond acceptors (Lipinski definition) is 4. The average molecular weight is 710 g/mol. The third-order valence-electron chi connectivity index (χ3n) is 9.63. The highest BCUT2D eigenvalue weighted by molar-refractivity contribution is 6.07. The van der Waals surface area contributed by atoms with E-state index >= 15 is 0 Å². The van der Waals surface area contributed by atoms with Crippen molar-refractivity contribution in [3.63, 3.8) is 0 Å². The molecule has 10 rings (SSSR count). The monoisotopic (exact) mass is 709 g/mol. The van der Waals surface area contributed by atoms with Crippen molar-refractivity contribution in [2.75, 3.05) is 0 Å². The standard InChI is InChI=1S/C51H33N3O/c1-4-15-34(16-5-1)37-21-14-22-38(31-37)39-28-30-47-46(32-39)43-29-27-40(33-48(43)55-47)49-52-50(44-25-12-10-23-41(44)35-17-6-2-7-18-35)54-51(53-49)45-26-13-11-24-42(45)36-19-8-3-9-20-36/h1-33H/i27D,28D,29D,30D,32D,33D. The fraction of sp³-hybridized carbons (Fsp3) is 0. The number of nitrogens with zero attached hydrogens (tertiary/aromatic N) is 3. The Morgan fingerprint density at radius 3 is 1.40 bits per heavy atom. The molecule has 2 heterocycles. The van der Waals surface area contributed by atoms with E-state index in [1.165, 1.54) is 0 Å². The first-order valence-corrected chi connectivity index (χ1v) is 18.0. The summed E-state index contributed by atoms with van der Waals surface area (Å²) in [5, 5.41) is 0.145. The van der Waals surface area contributed by atoms with Crippen molar-refractivity contribution >= 4 is 21.9 Å². The zero-order valence-electron chi connectivity index (χ0n) is 35.3. The van der Waals surface area contributed by atoms with Crippen LogP contribution in [-0.4, -0.2) is 15.0 Å². The van der Waals surface area contributed by atoms with Crippen molar-refractivity contribution in [2.24, 2.45) is 0 Å². The quantitative estimate of drug-likeness (QED) is 0.165. The van der Waals surface area contributed by atoms with E-state index in [1.807, 2.05) is 158 Å². The van der Waals surface area contributed by atoms with Gasteiger partial charge in [0, 0.05) is 27.5 Å². The number of hydrogen-bond donors (Lipinski definition) is 0. The smallest absolute Gasteiger partial charge is 0.164 e. The van der Waals surface area contributed by atoms with Gasteiger partial charge in [-0.25, -0.2) is 15.0 Å². The van der Waals surface area contributed by atoms with Crippen LogP contribution in [-0.2, 0) is 0 Å². The van der Waals surface area contributed by atoms with E-state index in [2.05, 4.69) is 0 Å². The molecule has 0 saturated heterocycles. The van der Waals surface area contributed by atoms with Crippen molar-refractivity contribution in [3.8, 4) is 78.7 Å². The van der Waals surface area contributed by atoms with E-state index in [-0.39, 0.29) is 75.1 Å². The first-order chi connectivity index (χ1) is 29.8. The van der Waals surface area contributed by atoms with Gasteiger partial charge in [0.05, 0.1) is 8.22 Å². The highest BCUT2D eigenvalue weighted by Gasteiger charge is 2.19. The topological polar surface area (TPSA) is 51.8 Å². The van der Waals surface area contributed by atoms with Crippen LogP contribution >= 0.6 is 0 Å². The van der Waals surface area contributed by atoms with Crippen LogP contribution < -0.4 is 0 Å². The number of furan rings is 1. The fourth-order valence-electron chi connectivity index (χ4n) is 6.96. The summed E-state index contributed by atoms with van der Waals surface area (Å²) in [4.78, 5) is 15.0. The molecular weight excluding hydrogens is 671 g/mol. The summed E-state index contributed by atoms with van der Waals surface area (Å²) in [5.41, 5.74) is 7.37. The Hall–Kier alpha value is -7.43. The molecule has 258 valence electrons. The molecular formula is C51H33N3O. The van der Waals surface area contributed by atoms with Crippen molar-refractivity contribution in [1.29, 1.82) is 0 Å². The summed E-state index contributed by atoms with van der Waals surface area (Å²) in [6.07, 6.45) is 0. The number of fused-ring (bicyclic) bond motifs is 3. The molecule has 10 aromatic rings. The van der Waals surface area contributed by atoms with Crippen LogP contribution in [0, 0.1) is 0 Å². The van der Waals surface area contributed by atoms with E-state index in [1.54, 1.807) is 6.07 Å². The molecule has 0 spiro atoms. The van der Waals surface area contributed by atoms with Crippen molar-refractivity contribution in [1.82, 2.24) is 15.0 Å². The Balaban J connectivity index is 1.22. The van der Waals surface area contributed by atoms with E-state index in [9.17, 15) is 5.48 Å². The molecule has 0 atom stereocenters. The Kier molecular flexibility index (Phi) is 6.63. The summed E-state index contributed by atoms with van der Waals surface area (Å²) < 4.78 is 62.5. The van der Waals surface area contributed by atoms with Gasteiger partial charge in [-0.1, -0.05) is 170 Å².